The van der Waals surface area contributed by atoms with E-state index in [0.29, 0.717) is 19.6 Å². The fraction of sp³-hybridized carbons (Fsp3) is 0.800. The van der Waals surface area contributed by atoms with Gasteiger partial charge in [-0.3, -0.25) is 14.6 Å². The molecule has 20 heavy (non-hydrogen) atoms. The van der Waals surface area contributed by atoms with Gasteiger partial charge >= 0.3 is 0 Å². The van der Waals surface area contributed by atoms with Crippen LogP contribution in [-0.2, 0) is 4.79 Å². The van der Waals surface area contributed by atoms with E-state index in [0.717, 1.165) is 26.2 Å². The minimum Gasteiger partial charge on any atom is -0.337 e. The molecule has 5 heteroatoms. The number of carbonyl (C=O) groups excluding carboxylic acids is 1. The van der Waals surface area contributed by atoms with Crippen LogP contribution in [0.1, 0.15) is 20.8 Å². The number of piperazine rings is 1. The Balaban J connectivity index is 1.70. The van der Waals surface area contributed by atoms with E-state index in [9.17, 15) is 9.18 Å². The summed E-state index contributed by atoms with van der Waals surface area (Å²) >= 11 is 0. The zero-order valence-electron chi connectivity index (χ0n) is 12.8. The molecule has 0 spiro atoms. The number of hydrogen-bond donors (Lipinski definition) is 0. The van der Waals surface area contributed by atoms with Crippen LogP contribution in [0.15, 0.2) is 12.2 Å². The number of alkyl halides is 1. The Morgan fingerprint density at radius 2 is 1.80 bits per heavy atom. The van der Waals surface area contributed by atoms with Gasteiger partial charge in [-0.05, 0) is 20.8 Å². The first kappa shape index (κ1) is 15.4. The van der Waals surface area contributed by atoms with Crippen LogP contribution in [0.3, 0.4) is 0 Å². The summed E-state index contributed by atoms with van der Waals surface area (Å²) < 4.78 is 12.6. The van der Waals surface area contributed by atoms with E-state index in [1.807, 2.05) is 15.9 Å². The Kier molecular flexibility index (Phi) is 4.81. The van der Waals surface area contributed by atoms with E-state index in [2.05, 4.69) is 25.7 Å². The third-order valence-electron chi connectivity index (χ3n) is 4.08. The average molecular weight is 283 g/mol. The normalized spacial score (nSPS) is 23.3. The lowest BCUT2D eigenvalue weighted by atomic mass is 10.0. The zero-order valence-corrected chi connectivity index (χ0v) is 12.8. The van der Waals surface area contributed by atoms with Crippen LogP contribution in [0, 0.1) is 0 Å². The highest BCUT2D eigenvalue weighted by Gasteiger charge is 2.27. The first-order valence-electron chi connectivity index (χ1n) is 7.43. The summed E-state index contributed by atoms with van der Waals surface area (Å²) in [4.78, 5) is 18.3. The highest BCUT2D eigenvalue weighted by molar-refractivity contribution is 5.87. The number of likely N-dealkylation sites (tertiary alicyclic amines) is 1. The van der Waals surface area contributed by atoms with Crippen LogP contribution in [-0.4, -0.2) is 78.1 Å². The smallest absolute Gasteiger partial charge is 0.246 e. The molecule has 0 radical (unpaired) electrons. The quantitative estimate of drug-likeness (QED) is 0.727. The molecule has 1 amide bonds. The topological polar surface area (TPSA) is 26.8 Å². The standard InChI is InChI=1S/C15H26FN3O/c1-15(2,3)19-9-7-18(8-10-19)14(20)5-4-6-17-11-13(16)12-17/h4-5,13H,6-12H2,1-3H3/b5-4+. The Bertz CT molecular complexity index is 364. The molecule has 0 aliphatic carbocycles. The van der Waals surface area contributed by atoms with Crippen LogP contribution in [0.25, 0.3) is 0 Å². The van der Waals surface area contributed by atoms with Gasteiger partial charge in [-0.2, -0.15) is 0 Å². The predicted octanol–water partition coefficient (Wildman–Crippen LogP) is 1.14. The summed E-state index contributed by atoms with van der Waals surface area (Å²) in [5.41, 5.74) is 0.172. The van der Waals surface area contributed by atoms with Crippen molar-refractivity contribution in [3.05, 3.63) is 12.2 Å². The maximum Gasteiger partial charge on any atom is 0.246 e. The van der Waals surface area contributed by atoms with Gasteiger partial charge in [0.05, 0.1) is 0 Å². The second-order valence-electron chi connectivity index (χ2n) is 6.70. The van der Waals surface area contributed by atoms with Crippen molar-refractivity contribution in [1.82, 2.24) is 14.7 Å². The lowest BCUT2D eigenvalue weighted by molar-refractivity contribution is -0.128. The molecule has 0 bridgehead atoms. The monoisotopic (exact) mass is 283 g/mol. The van der Waals surface area contributed by atoms with Crippen molar-refractivity contribution in [3.63, 3.8) is 0 Å². The van der Waals surface area contributed by atoms with Crippen molar-refractivity contribution >= 4 is 5.91 Å². The SMILES string of the molecule is CC(C)(C)N1CCN(C(=O)/C=C/CN2CC(F)C2)CC1. The first-order valence-corrected chi connectivity index (χ1v) is 7.43. The Morgan fingerprint density at radius 1 is 1.20 bits per heavy atom. The summed E-state index contributed by atoms with van der Waals surface area (Å²) in [7, 11) is 0. The molecule has 2 saturated heterocycles. The van der Waals surface area contributed by atoms with Crippen molar-refractivity contribution in [2.75, 3.05) is 45.8 Å². The van der Waals surface area contributed by atoms with Crippen LogP contribution >= 0.6 is 0 Å². The van der Waals surface area contributed by atoms with E-state index < -0.39 is 6.17 Å². The number of carbonyl (C=O) groups is 1. The molecule has 2 fully saturated rings. The van der Waals surface area contributed by atoms with Gasteiger partial charge in [-0.1, -0.05) is 6.08 Å². The maximum atomic E-state index is 12.6. The number of nitrogens with zero attached hydrogens (tertiary/aromatic N) is 3. The molecule has 114 valence electrons. The van der Waals surface area contributed by atoms with Gasteiger partial charge in [0.25, 0.3) is 0 Å². The Morgan fingerprint density at radius 3 is 2.30 bits per heavy atom. The van der Waals surface area contributed by atoms with Crippen molar-refractivity contribution in [2.45, 2.75) is 32.5 Å². The van der Waals surface area contributed by atoms with E-state index in [1.165, 1.54) is 0 Å². The molecule has 2 aliphatic rings. The maximum absolute atomic E-state index is 12.6. The summed E-state index contributed by atoms with van der Waals surface area (Å²) in [6.07, 6.45) is 2.81. The second-order valence-corrected chi connectivity index (χ2v) is 6.70. The molecule has 2 aliphatic heterocycles. The highest BCUT2D eigenvalue weighted by atomic mass is 19.1. The van der Waals surface area contributed by atoms with Gasteiger partial charge in [0.2, 0.25) is 5.91 Å². The van der Waals surface area contributed by atoms with Crippen molar-refractivity contribution < 1.29 is 9.18 Å². The molecule has 0 unspecified atom stereocenters. The Labute approximate surface area is 121 Å². The van der Waals surface area contributed by atoms with Gasteiger partial charge in [-0.25, -0.2) is 4.39 Å². The molecule has 2 heterocycles. The molecule has 2 rings (SSSR count). The molecule has 0 atom stereocenters. The molecule has 0 aromatic rings. The van der Waals surface area contributed by atoms with Crippen molar-refractivity contribution in [3.8, 4) is 0 Å². The number of halogens is 1. The lowest BCUT2D eigenvalue weighted by Gasteiger charge is -2.42. The molecular formula is C15H26FN3O. The van der Waals surface area contributed by atoms with Crippen LogP contribution < -0.4 is 0 Å². The molecule has 0 N–H and O–H groups in total. The van der Waals surface area contributed by atoms with Crippen LogP contribution in [0.4, 0.5) is 4.39 Å². The summed E-state index contributed by atoms with van der Waals surface area (Å²) in [6.45, 7) is 11.7. The fourth-order valence-corrected chi connectivity index (χ4v) is 2.66. The van der Waals surface area contributed by atoms with Crippen LogP contribution in [0.5, 0.6) is 0 Å². The third-order valence-corrected chi connectivity index (χ3v) is 4.08. The number of rotatable bonds is 3. The van der Waals surface area contributed by atoms with Gasteiger partial charge in [0.1, 0.15) is 6.17 Å². The molecule has 0 aromatic carbocycles. The average Bonchev–Trinajstić information content (AvgIpc) is 2.35. The molecule has 0 saturated carbocycles. The predicted molar refractivity (Wildman–Crippen MR) is 78.4 cm³/mol. The van der Waals surface area contributed by atoms with Gasteiger partial charge in [0, 0.05) is 57.4 Å². The summed E-state index contributed by atoms with van der Waals surface area (Å²) in [5, 5.41) is 0. The largest absolute Gasteiger partial charge is 0.337 e. The number of hydrogen-bond acceptors (Lipinski definition) is 3. The van der Waals surface area contributed by atoms with Crippen molar-refractivity contribution in [1.29, 1.82) is 0 Å². The third kappa shape index (κ3) is 4.03. The van der Waals surface area contributed by atoms with E-state index >= 15 is 0 Å². The summed E-state index contributed by atoms with van der Waals surface area (Å²) in [6, 6.07) is 0. The number of amides is 1. The van der Waals surface area contributed by atoms with Gasteiger partial charge in [0.15, 0.2) is 0 Å². The fourth-order valence-electron chi connectivity index (χ4n) is 2.66. The molecule has 4 nitrogen and oxygen atoms in total. The molecule has 0 aromatic heterocycles. The summed E-state index contributed by atoms with van der Waals surface area (Å²) in [5.74, 6) is 0.0795. The van der Waals surface area contributed by atoms with Crippen molar-refractivity contribution in [2.24, 2.45) is 0 Å². The van der Waals surface area contributed by atoms with Crippen LogP contribution in [0.2, 0.25) is 0 Å². The minimum atomic E-state index is -0.676. The Hall–Kier alpha value is -0.940. The lowest BCUT2D eigenvalue weighted by Crippen LogP contribution is -2.54. The highest BCUT2D eigenvalue weighted by Crippen LogP contribution is 2.16. The zero-order chi connectivity index (χ0) is 14.8. The second kappa shape index (κ2) is 6.22. The molecular weight excluding hydrogens is 257 g/mol. The van der Waals surface area contributed by atoms with E-state index in [-0.39, 0.29) is 11.4 Å². The van der Waals surface area contributed by atoms with Gasteiger partial charge in [-0.15, -0.1) is 0 Å². The van der Waals surface area contributed by atoms with E-state index in [1.54, 1.807) is 6.08 Å². The van der Waals surface area contributed by atoms with E-state index in [4.69, 9.17) is 0 Å². The first-order chi connectivity index (χ1) is 9.36. The van der Waals surface area contributed by atoms with Gasteiger partial charge < -0.3 is 4.90 Å². The minimum absolute atomic E-state index is 0.0795.